The molecule has 2 N–H and O–H groups in total. The normalized spacial score (nSPS) is 19.5. The minimum absolute atomic E-state index is 0.331. The first-order valence-corrected chi connectivity index (χ1v) is 6.89. The van der Waals surface area contributed by atoms with Crippen LogP contribution in [0, 0.1) is 6.92 Å². The third-order valence-electron chi connectivity index (χ3n) is 3.29. The van der Waals surface area contributed by atoms with Gasteiger partial charge in [0.15, 0.2) is 5.96 Å². The van der Waals surface area contributed by atoms with E-state index in [0.717, 1.165) is 32.1 Å². The highest BCUT2D eigenvalue weighted by molar-refractivity contribution is 5.79. The third kappa shape index (κ3) is 4.56. The van der Waals surface area contributed by atoms with Crippen LogP contribution in [0.1, 0.15) is 24.0 Å². The molecule has 4 nitrogen and oxygen atoms in total. The molecule has 0 spiro atoms. The summed E-state index contributed by atoms with van der Waals surface area (Å²) in [5.74, 6) is 0.831. The van der Waals surface area contributed by atoms with Gasteiger partial charge >= 0.3 is 0 Å². The fourth-order valence-corrected chi connectivity index (χ4v) is 2.24. The summed E-state index contributed by atoms with van der Waals surface area (Å²) in [5, 5.41) is 6.63. The van der Waals surface area contributed by atoms with E-state index < -0.39 is 0 Å². The minimum atomic E-state index is 0.331. The van der Waals surface area contributed by atoms with Gasteiger partial charge in [0.05, 0.1) is 6.10 Å². The average molecular weight is 261 g/mol. The van der Waals surface area contributed by atoms with Crippen LogP contribution in [0.5, 0.6) is 0 Å². The Labute approximate surface area is 115 Å². The summed E-state index contributed by atoms with van der Waals surface area (Å²) in [6.45, 7) is 4.61. The molecule has 0 amide bonds. The fourth-order valence-electron chi connectivity index (χ4n) is 2.24. The smallest absolute Gasteiger partial charge is 0.191 e. The summed E-state index contributed by atoms with van der Waals surface area (Å²) in [7, 11) is 1.79. The summed E-state index contributed by atoms with van der Waals surface area (Å²) in [6, 6.07) is 8.48. The summed E-state index contributed by atoms with van der Waals surface area (Å²) in [4.78, 5) is 4.23. The van der Waals surface area contributed by atoms with Crippen molar-refractivity contribution in [2.45, 2.75) is 32.4 Å². The van der Waals surface area contributed by atoms with Crippen molar-refractivity contribution in [3.63, 3.8) is 0 Å². The quantitative estimate of drug-likeness (QED) is 0.642. The van der Waals surface area contributed by atoms with Crippen LogP contribution < -0.4 is 10.6 Å². The van der Waals surface area contributed by atoms with Crippen LogP contribution in [-0.2, 0) is 11.3 Å². The number of hydrogen-bond acceptors (Lipinski definition) is 2. The van der Waals surface area contributed by atoms with Crippen molar-refractivity contribution in [2.24, 2.45) is 4.99 Å². The van der Waals surface area contributed by atoms with Crippen LogP contribution in [0.15, 0.2) is 29.3 Å². The number of benzene rings is 1. The highest BCUT2D eigenvalue weighted by Gasteiger charge is 2.15. The van der Waals surface area contributed by atoms with E-state index in [1.165, 1.54) is 17.5 Å². The van der Waals surface area contributed by atoms with Crippen molar-refractivity contribution in [1.82, 2.24) is 10.6 Å². The van der Waals surface area contributed by atoms with Crippen LogP contribution in [0.4, 0.5) is 0 Å². The molecule has 1 aliphatic rings. The zero-order valence-corrected chi connectivity index (χ0v) is 11.8. The Morgan fingerprint density at radius 2 is 2.32 bits per heavy atom. The van der Waals surface area contributed by atoms with Crippen molar-refractivity contribution in [1.29, 1.82) is 0 Å². The molecule has 2 rings (SSSR count). The van der Waals surface area contributed by atoms with E-state index in [1.54, 1.807) is 7.05 Å². The fraction of sp³-hybridized carbons (Fsp3) is 0.533. The summed E-state index contributed by atoms with van der Waals surface area (Å²) >= 11 is 0. The maximum atomic E-state index is 5.58. The molecular formula is C15H23N3O. The lowest BCUT2D eigenvalue weighted by Gasteiger charge is -2.15. The number of ether oxygens (including phenoxy) is 1. The Balaban J connectivity index is 1.76. The Hall–Kier alpha value is -1.55. The maximum Gasteiger partial charge on any atom is 0.191 e. The molecule has 0 radical (unpaired) electrons. The Morgan fingerprint density at radius 1 is 1.42 bits per heavy atom. The largest absolute Gasteiger partial charge is 0.376 e. The molecule has 0 aromatic heterocycles. The predicted octanol–water partition coefficient (Wildman–Crippen LogP) is 1.84. The summed E-state index contributed by atoms with van der Waals surface area (Å²) < 4.78 is 5.58. The highest BCUT2D eigenvalue weighted by atomic mass is 16.5. The molecule has 1 atom stereocenters. The van der Waals surface area contributed by atoms with E-state index in [1.807, 2.05) is 0 Å². The molecule has 19 heavy (non-hydrogen) atoms. The van der Waals surface area contributed by atoms with Crippen LogP contribution in [-0.4, -0.2) is 32.3 Å². The molecule has 0 saturated carbocycles. The van der Waals surface area contributed by atoms with Crippen molar-refractivity contribution in [3.8, 4) is 0 Å². The maximum absolute atomic E-state index is 5.58. The van der Waals surface area contributed by atoms with Gasteiger partial charge in [-0.3, -0.25) is 4.99 Å². The minimum Gasteiger partial charge on any atom is -0.376 e. The van der Waals surface area contributed by atoms with Gasteiger partial charge in [-0.2, -0.15) is 0 Å². The van der Waals surface area contributed by atoms with E-state index in [2.05, 4.69) is 46.8 Å². The van der Waals surface area contributed by atoms with Gasteiger partial charge in [-0.15, -0.1) is 0 Å². The molecule has 1 fully saturated rings. The van der Waals surface area contributed by atoms with Crippen molar-refractivity contribution < 1.29 is 4.74 Å². The standard InChI is InChI=1S/C15H23N3O/c1-12-5-3-6-13(9-12)10-17-15(16-2)18-11-14-7-4-8-19-14/h3,5-6,9,14H,4,7-8,10-11H2,1-2H3,(H2,16,17,18). The second kappa shape index (κ2) is 7.14. The Morgan fingerprint density at radius 3 is 3.00 bits per heavy atom. The zero-order valence-electron chi connectivity index (χ0n) is 11.8. The summed E-state index contributed by atoms with van der Waals surface area (Å²) in [6.07, 6.45) is 2.64. The molecule has 104 valence electrons. The second-order valence-corrected chi connectivity index (χ2v) is 4.93. The molecule has 1 heterocycles. The van der Waals surface area contributed by atoms with Crippen molar-refractivity contribution in [2.75, 3.05) is 20.2 Å². The van der Waals surface area contributed by atoms with Gasteiger partial charge in [-0.1, -0.05) is 29.8 Å². The van der Waals surface area contributed by atoms with Gasteiger partial charge < -0.3 is 15.4 Å². The van der Waals surface area contributed by atoms with Gasteiger partial charge in [-0.25, -0.2) is 0 Å². The molecule has 1 aliphatic heterocycles. The van der Waals surface area contributed by atoms with Crippen LogP contribution >= 0.6 is 0 Å². The summed E-state index contributed by atoms with van der Waals surface area (Å²) in [5.41, 5.74) is 2.54. The lowest BCUT2D eigenvalue weighted by atomic mass is 10.1. The number of rotatable bonds is 4. The molecule has 1 unspecified atom stereocenters. The zero-order chi connectivity index (χ0) is 13.5. The lowest BCUT2D eigenvalue weighted by Crippen LogP contribution is -2.40. The van der Waals surface area contributed by atoms with Gasteiger partial charge in [0.1, 0.15) is 0 Å². The van der Waals surface area contributed by atoms with Crippen LogP contribution in [0.2, 0.25) is 0 Å². The number of hydrogen-bond donors (Lipinski definition) is 2. The SMILES string of the molecule is CN=C(NCc1cccc(C)c1)NCC1CCCO1. The predicted molar refractivity (Wildman–Crippen MR) is 78.4 cm³/mol. The first kappa shape index (κ1) is 13.9. The Kier molecular flexibility index (Phi) is 5.21. The van der Waals surface area contributed by atoms with Crippen LogP contribution in [0.3, 0.4) is 0 Å². The molecule has 1 saturated heterocycles. The molecule has 1 aromatic rings. The van der Waals surface area contributed by atoms with E-state index >= 15 is 0 Å². The first-order valence-electron chi connectivity index (χ1n) is 6.89. The number of aryl methyl sites for hydroxylation is 1. The van der Waals surface area contributed by atoms with E-state index in [-0.39, 0.29) is 0 Å². The number of aliphatic imine (C=N–C) groups is 1. The molecular weight excluding hydrogens is 238 g/mol. The molecule has 0 aliphatic carbocycles. The van der Waals surface area contributed by atoms with Gasteiger partial charge in [0.25, 0.3) is 0 Å². The number of guanidine groups is 1. The molecule has 1 aromatic carbocycles. The first-order chi connectivity index (χ1) is 9.28. The van der Waals surface area contributed by atoms with Gasteiger partial charge in [-0.05, 0) is 25.3 Å². The van der Waals surface area contributed by atoms with Gasteiger partial charge in [0.2, 0.25) is 0 Å². The number of nitrogens with one attached hydrogen (secondary N) is 2. The van der Waals surface area contributed by atoms with E-state index in [4.69, 9.17) is 4.74 Å². The van der Waals surface area contributed by atoms with E-state index in [9.17, 15) is 0 Å². The molecule has 4 heteroatoms. The molecule has 0 bridgehead atoms. The van der Waals surface area contributed by atoms with Crippen molar-refractivity contribution >= 4 is 5.96 Å². The van der Waals surface area contributed by atoms with E-state index in [0.29, 0.717) is 6.10 Å². The average Bonchev–Trinajstić information content (AvgIpc) is 2.92. The van der Waals surface area contributed by atoms with Crippen LogP contribution in [0.25, 0.3) is 0 Å². The Bertz CT molecular complexity index is 425. The third-order valence-corrected chi connectivity index (χ3v) is 3.29. The lowest BCUT2D eigenvalue weighted by molar-refractivity contribution is 0.114. The topological polar surface area (TPSA) is 45.7 Å². The number of nitrogens with zero attached hydrogens (tertiary/aromatic N) is 1. The monoisotopic (exact) mass is 261 g/mol. The second-order valence-electron chi connectivity index (χ2n) is 4.93. The van der Waals surface area contributed by atoms with Gasteiger partial charge in [0, 0.05) is 26.7 Å². The highest BCUT2D eigenvalue weighted by Crippen LogP contribution is 2.10. The van der Waals surface area contributed by atoms with Crippen molar-refractivity contribution in [3.05, 3.63) is 35.4 Å².